The molecule has 4 N–H and O–H groups in total. The van der Waals surface area contributed by atoms with Crippen molar-refractivity contribution < 1.29 is 34.8 Å². The van der Waals surface area contributed by atoms with Crippen LogP contribution in [0.5, 0.6) is 0 Å². The number of rotatable bonds is 5. The Morgan fingerprint density at radius 2 is 2.00 bits per heavy atom. The van der Waals surface area contributed by atoms with Crippen molar-refractivity contribution in [3.05, 3.63) is 23.4 Å². The molecule has 0 radical (unpaired) electrons. The molecule has 2 atom stereocenters. The Labute approximate surface area is 150 Å². The fraction of sp³-hybridized carbons (Fsp3) is 0.529. The molecule has 9 nitrogen and oxygen atoms in total. The SMILES string of the molecule is CCC[C@]1(C(=O)O)CN(c2nc(C)ccc2C(=O)O)CC[C@@H]1O.O=CO. The van der Waals surface area contributed by atoms with Gasteiger partial charge < -0.3 is 25.3 Å². The normalized spacial score (nSPS) is 22.1. The Balaban J connectivity index is 0.00000105. The summed E-state index contributed by atoms with van der Waals surface area (Å²) in [6, 6.07) is 3.09. The van der Waals surface area contributed by atoms with E-state index in [0.717, 1.165) is 0 Å². The molecule has 1 aliphatic heterocycles. The lowest BCUT2D eigenvalue weighted by molar-refractivity contribution is -0.158. The van der Waals surface area contributed by atoms with Gasteiger partial charge in [0.1, 0.15) is 16.8 Å². The predicted octanol–water partition coefficient (Wildman–Crippen LogP) is 1.23. The van der Waals surface area contributed by atoms with Crippen LogP contribution < -0.4 is 4.90 Å². The lowest BCUT2D eigenvalue weighted by atomic mass is 9.74. The summed E-state index contributed by atoms with van der Waals surface area (Å²) in [4.78, 5) is 37.6. The van der Waals surface area contributed by atoms with Crippen LogP contribution in [0.4, 0.5) is 5.82 Å². The highest BCUT2D eigenvalue weighted by Gasteiger charge is 2.49. The second-order valence-electron chi connectivity index (χ2n) is 6.17. The van der Waals surface area contributed by atoms with Crippen LogP contribution in [0.25, 0.3) is 0 Å². The van der Waals surface area contributed by atoms with E-state index in [1.807, 2.05) is 6.92 Å². The number of aliphatic carboxylic acids is 1. The van der Waals surface area contributed by atoms with Crippen molar-refractivity contribution in [2.45, 2.75) is 39.2 Å². The van der Waals surface area contributed by atoms with Crippen LogP contribution >= 0.6 is 0 Å². The molecule has 26 heavy (non-hydrogen) atoms. The average Bonchev–Trinajstić information content (AvgIpc) is 2.57. The number of aryl methyl sites for hydroxylation is 1. The van der Waals surface area contributed by atoms with Gasteiger partial charge in [0.25, 0.3) is 6.47 Å². The lowest BCUT2D eigenvalue weighted by Crippen LogP contribution is -2.56. The molecule has 0 aromatic carbocycles. The summed E-state index contributed by atoms with van der Waals surface area (Å²) in [6.45, 7) is 3.79. The van der Waals surface area contributed by atoms with Gasteiger partial charge in [-0.1, -0.05) is 13.3 Å². The van der Waals surface area contributed by atoms with Gasteiger partial charge in [-0.05, 0) is 31.9 Å². The van der Waals surface area contributed by atoms with Crippen molar-refractivity contribution in [1.29, 1.82) is 0 Å². The summed E-state index contributed by atoms with van der Waals surface area (Å²) < 4.78 is 0. The third kappa shape index (κ3) is 4.48. The zero-order chi connectivity index (χ0) is 19.9. The van der Waals surface area contributed by atoms with Gasteiger partial charge in [0, 0.05) is 18.8 Å². The Morgan fingerprint density at radius 1 is 1.38 bits per heavy atom. The monoisotopic (exact) mass is 368 g/mol. The van der Waals surface area contributed by atoms with E-state index in [-0.39, 0.29) is 30.8 Å². The first-order valence-electron chi connectivity index (χ1n) is 8.18. The third-order valence-corrected chi connectivity index (χ3v) is 4.45. The van der Waals surface area contributed by atoms with E-state index in [0.29, 0.717) is 25.1 Å². The summed E-state index contributed by atoms with van der Waals surface area (Å²) in [5.74, 6) is -1.89. The van der Waals surface area contributed by atoms with Crippen molar-refractivity contribution in [2.24, 2.45) is 5.41 Å². The molecule has 1 fully saturated rings. The summed E-state index contributed by atoms with van der Waals surface area (Å²) in [5, 5.41) is 36.2. The molecule has 0 saturated carbocycles. The van der Waals surface area contributed by atoms with Gasteiger partial charge in [0.2, 0.25) is 0 Å². The first kappa shape index (κ1) is 21.4. The second kappa shape index (κ2) is 9.14. The number of aliphatic hydroxyl groups excluding tert-OH is 1. The molecule has 2 rings (SSSR count). The van der Waals surface area contributed by atoms with Gasteiger partial charge >= 0.3 is 11.9 Å². The molecule has 2 heterocycles. The fourth-order valence-corrected chi connectivity index (χ4v) is 3.22. The molecule has 1 saturated heterocycles. The second-order valence-corrected chi connectivity index (χ2v) is 6.17. The van der Waals surface area contributed by atoms with Crippen LogP contribution in [-0.2, 0) is 9.59 Å². The average molecular weight is 368 g/mol. The van der Waals surface area contributed by atoms with Gasteiger partial charge in [-0.25, -0.2) is 9.78 Å². The number of hydrogen-bond acceptors (Lipinski definition) is 6. The number of pyridine rings is 1. The number of piperidine rings is 1. The molecular formula is C17H24N2O7. The largest absolute Gasteiger partial charge is 0.483 e. The van der Waals surface area contributed by atoms with E-state index in [9.17, 15) is 24.9 Å². The Hall–Kier alpha value is -2.68. The minimum atomic E-state index is -1.30. The van der Waals surface area contributed by atoms with Crippen molar-refractivity contribution in [1.82, 2.24) is 4.98 Å². The molecule has 0 unspecified atom stereocenters. The first-order chi connectivity index (χ1) is 12.2. The van der Waals surface area contributed by atoms with Crippen molar-refractivity contribution in [3.63, 3.8) is 0 Å². The van der Waals surface area contributed by atoms with E-state index in [1.165, 1.54) is 6.07 Å². The quantitative estimate of drug-likeness (QED) is 0.563. The zero-order valence-corrected chi connectivity index (χ0v) is 14.8. The minimum absolute atomic E-state index is 0.0442. The molecule has 144 valence electrons. The molecule has 1 aromatic heterocycles. The Kier molecular flexibility index (Phi) is 7.51. The van der Waals surface area contributed by atoms with E-state index in [2.05, 4.69) is 4.98 Å². The minimum Gasteiger partial charge on any atom is -0.483 e. The highest BCUT2D eigenvalue weighted by molar-refractivity contribution is 5.93. The standard InChI is InChI=1S/C16H22N2O5.CH2O2/c1-3-7-16(15(22)23)9-18(8-6-12(16)19)13-11(14(20)21)5-4-10(2)17-13;2-1-3/h4-5,12,19H,3,6-9H2,1-2H3,(H,20,21)(H,22,23);1H,(H,2,3)/t12-,16-;/m0./s1. The summed E-state index contributed by atoms with van der Waals surface area (Å²) in [7, 11) is 0. The summed E-state index contributed by atoms with van der Waals surface area (Å²) in [6.07, 6.45) is 0.258. The maximum absolute atomic E-state index is 11.8. The molecule has 0 amide bonds. The lowest BCUT2D eigenvalue weighted by Gasteiger charge is -2.44. The van der Waals surface area contributed by atoms with E-state index < -0.39 is 23.5 Å². The maximum Gasteiger partial charge on any atom is 0.339 e. The van der Waals surface area contributed by atoms with Crippen LogP contribution in [0.2, 0.25) is 0 Å². The smallest absolute Gasteiger partial charge is 0.339 e. The van der Waals surface area contributed by atoms with Gasteiger partial charge in [-0.15, -0.1) is 0 Å². The number of aromatic nitrogens is 1. The van der Waals surface area contributed by atoms with Crippen molar-refractivity contribution >= 4 is 24.2 Å². The Morgan fingerprint density at radius 3 is 2.50 bits per heavy atom. The number of aromatic carboxylic acids is 1. The van der Waals surface area contributed by atoms with Gasteiger partial charge in [0.05, 0.1) is 6.10 Å². The van der Waals surface area contributed by atoms with Gasteiger partial charge in [0.15, 0.2) is 0 Å². The molecule has 0 aliphatic carbocycles. The number of carboxylic acids is 2. The molecule has 0 spiro atoms. The molecular weight excluding hydrogens is 344 g/mol. The van der Waals surface area contributed by atoms with Crippen LogP contribution in [0.3, 0.4) is 0 Å². The molecule has 9 heteroatoms. The first-order valence-corrected chi connectivity index (χ1v) is 8.18. The summed E-state index contributed by atoms with van der Waals surface area (Å²) >= 11 is 0. The predicted molar refractivity (Wildman–Crippen MR) is 92.4 cm³/mol. The molecule has 1 aromatic rings. The number of carboxylic acid groups (broad SMARTS) is 3. The number of carbonyl (C=O) groups is 3. The van der Waals surface area contributed by atoms with Crippen LogP contribution in [0.1, 0.15) is 42.2 Å². The van der Waals surface area contributed by atoms with Gasteiger partial charge in [-0.2, -0.15) is 0 Å². The maximum atomic E-state index is 11.8. The van der Waals surface area contributed by atoms with Crippen LogP contribution in [0, 0.1) is 12.3 Å². The molecule has 0 bridgehead atoms. The number of hydrogen-bond donors (Lipinski definition) is 4. The molecule has 1 aliphatic rings. The van der Waals surface area contributed by atoms with E-state index in [4.69, 9.17) is 9.90 Å². The highest BCUT2D eigenvalue weighted by atomic mass is 16.4. The Bertz CT molecular complexity index is 665. The van der Waals surface area contributed by atoms with Crippen LogP contribution in [-0.4, -0.2) is 63.0 Å². The van der Waals surface area contributed by atoms with E-state index in [1.54, 1.807) is 17.9 Å². The van der Waals surface area contributed by atoms with Crippen molar-refractivity contribution in [2.75, 3.05) is 18.0 Å². The van der Waals surface area contributed by atoms with Crippen molar-refractivity contribution in [3.8, 4) is 0 Å². The number of nitrogens with zero attached hydrogens (tertiary/aromatic N) is 2. The summed E-state index contributed by atoms with van der Waals surface area (Å²) in [5.41, 5.74) is -0.593. The number of anilines is 1. The fourth-order valence-electron chi connectivity index (χ4n) is 3.22. The van der Waals surface area contributed by atoms with E-state index >= 15 is 0 Å². The highest BCUT2D eigenvalue weighted by Crippen LogP contribution is 2.37. The third-order valence-electron chi connectivity index (χ3n) is 4.45. The zero-order valence-electron chi connectivity index (χ0n) is 14.8. The van der Waals surface area contributed by atoms with Crippen LogP contribution in [0.15, 0.2) is 12.1 Å². The van der Waals surface area contributed by atoms with Gasteiger partial charge in [-0.3, -0.25) is 9.59 Å². The number of aliphatic hydroxyl groups is 1. The topological polar surface area (TPSA) is 148 Å².